The summed E-state index contributed by atoms with van der Waals surface area (Å²) < 4.78 is 39.4. The maximum atomic E-state index is 13.2. The van der Waals surface area contributed by atoms with Crippen molar-refractivity contribution in [1.82, 2.24) is 0 Å². The van der Waals surface area contributed by atoms with Crippen molar-refractivity contribution in [3.63, 3.8) is 0 Å². The van der Waals surface area contributed by atoms with Gasteiger partial charge in [0.25, 0.3) is 0 Å². The van der Waals surface area contributed by atoms with Crippen LogP contribution in [0.5, 0.6) is 0 Å². The van der Waals surface area contributed by atoms with Gasteiger partial charge in [0.15, 0.2) is 13.9 Å². The van der Waals surface area contributed by atoms with Crippen LogP contribution in [-0.4, -0.2) is 0 Å². The number of halogens is 3. The number of rotatable bonds is 5. The molecule has 0 aliphatic heterocycles. The van der Waals surface area contributed by atoms with Crippen LogP contribution in [0.2, 0.25) is 0 Å². The fourth-order valence-corrected chi connectivity index (χ4v) is 8.02. The van der Waals surface area contributed by atoms with Crippen molar-refractivity contribution >= 4 is 30.5 Å². The van der Waals surface area contributed by atoms with Crippen molar-refractivity contribution in [1.29, 1.82) is 0 Å². The smallest absolute Gasteiger partial charge is 0.182 e. The lowest BCUT2D eigenvalue weighted by Gasteiger charge is -2.05. The quantitative estimate of drug-likeness (QED) is 0.366. The molecule has 0 aliphatic rings. The van der Waals surface area contributed by atoms with Gasteiger partial charge in [-0.15, -0.1) is 0 Å². The molecule has 0 aliphatic carbocycles. The van der Waals surface area contributed by atoms with Crippen LogP contribution in [0.15, 0.2) is 87.5 Å². The summed E-state index contributed by atoms with van der Waals surface area (Å²) in [7, 11) is 2.74. The number of hydrogen-bond donors (Lipinski definition) is 0. The average molecular weight is 381 g/mol. The molecule has 0 radical (unpaired) electrons. The minimum Gasteiger partial charge on any atom is -0.207 e. The molecule has 6 heteroatoms. The van der Waals surface area contributed by atoms with Gasteiger partial charge in [0.05, 0.1) is 9.79 Å². The molecule has 0 saturated carbocycles. The zero-order valence-corrected chi connectivity index (χ0v) is 14.7. The van der Waals surface area contributed by atoms with Gasteiger partial charge in [0.1, 0.15) is 39.0 Å². The first-order valence-electron chi connectivity index (χ1n) is 6.98. The molecule has 0 aromatic heterocycles. The Balaban J connectivity index is 1.86. The lowest BCUT2D eigenvalue weighted by molar-refractivity contribution is 0.626. The van der Waals surface area contributed by atoms with Gasteiger partial charge < -0.3 is 0 Å². The van der Waals surface area contributed by atoms with Gasteiger partial charge in [-0.05, 0) is 72.8 Å². The molecule has 3 aromatic carbocycles. The van der Waals surface area contributed by atoms with Gasteiger partial charge >= 0.3 is 0 Å². The molecule has 0 unspecified atom stereocenters. The SMILES string of the molecule is Fc1ccc(S[S+](Sc2ccc(F)cc2)c2ccc(F)cc2)cc1. The molecule has 24 heavy (non-hydrogen) atoms. The maximum Gasteiger partial charge on any atom is 0.182 e. The van der Waals surface area contributed by atoms with Crippen LogP contribution in [0.3, 0.4) is 0 Å². The van der Waals surface area contributed by atoms with E-state index in [1.54, 1.807) is 58.0 Å². The van der Waals surface area contributed by atoms with E-state index in [0.29, 0.717) is 0 Å². The number of hydrogen-bond acceptors (Lipinski definition) is 2. The predicted molar refractivity (Wildman–Crippen MR) is 96.5 cm³/mol. The molecule has 122 valence electrons. The standard InChI is InChI=1S/C18H12F3S3/c19-13-1-7-16(8-2-13)22-24(18-11-5-15(21)6-12-18)23-17-9-3-14(20)4-10-17/h1-12H/q+1. The van der Waals surface area contributed by atoms with E-state index in [4.69, 9.17) is 0 Å². The van der Waals surface area contributed by atoms with Gasteiger partial charge in [-0.1, -0.05) is 0 Å². The second-order valence-electron chi connectivity index (χ2n) is 4.76. The molecule has 0 fully saturated rings. The van der Waals surface area contributed by atoms with E-state index < -0.39 is 0 Å². The molecular weight excluding hydrogens is 369 g/mol. The van der Waals surface area contributed by atoms with Gasteiger partial charge in [-0.25, -0.2) is 13.2 Å². The zero-order chi connectivity index (χ0) is 16.9. The Labute approximate surface area is 148 Å². The lowest BCUT2D eigenvalue weighted by atomic mass is 10.4. The van der Waals surface area contributed by atoms with E-state index in [9.17, 15) is 13.2 Å². The van der Waals surface area contributed by atoms with Crippen LogP contribution in [-0.2, 0) is 8.96 Å². The minimum atomic E-state index is -0.390. The molecule has 0 N–H and O–H groups in total. The van der Waals surface area contributed by atoms with E-state index in [-0.39, 0.29) is 26.4 Å². The summed E-state index contributed by atoms with van der Waals surface area (Å²) in [6.07, 6.45) is 0. The Morgan fingerprint density at radius 1 is 0.500 bits per heavy atom. The second-order valence-corrected chi connectivity index (χ2v) is 10.6. The highest BCUT2D eigenvalue weighted by atomic mass is 33.5. The Morgan fingerprint density at radius 3 is 1.21 bits per heavy atom. The summed E-state index contributed by atoms with van der Waals surface area (Å²) in [6, 6.07) is 18.9. The lowest BCUT2D eigenvalue weighted by Crippen LogP contribution is -1.93. The largest absolute Gasteiger partial charge is 0.207 e. The topological polar surface area (TPSA) is 0 Å². The van der Waals surface area contributed by atoms with E-state index in [0.717, 1.165) is 14.7 Å². The molecule has 3 aromatic rings. The highest BCUT2D eigenvalue weighted by Gasteiger charge is 2.28. The number of benzene rings is 3. The molecule has 0 bridgehead atoms. The van der Waals surface area contributed by atoms with Crippen LogP contribution in [0.1, 0.15) is 0 Å². The Morgan fingerprint density at radius 2 is 0.833 bits per heavy atom. The van der Waals surface area contributed by atoms with Crippen molar-refractivity contribution in [3.8, 4) is 0 Å². The summed E-state index contributed by atoms with van der Waals surface area (Å²) in [6.45, 7) is 0. The fraction of sp³-hybridized carbons (Fsp3) is 0. The van der Waals surface area contributed by atoms with E-state index in [1.807, 2.05) is 0 Å². The predicted octanol–water partition coefficient (Wildman–Crippen LogP) is 6.50. The summed E-state index contributed by atoms with van der Waals surface area (Å²) in [5.74, 6) is -0.861. The average Bonchev–Trinajstić information content (AvgIpc) is 2.59. The molecule has 0 atom stereocenters. The Hall–Kier alpha value is -1.50. The third-order valence-electron chi connectivity index (χ3n) is 2.98. The van der Waals surface area contributed by atoms with Crippen LogP contribution >= 0.6 is 21.6 Å². The summed E-state index contributed by atoms with van der Waals surface area (Å²) in [5, 5.41) is 0. The molecule has 0 nitrogen and oxygen atoms in total. The normalized spacial score (nSPS) is 11.0. The molecule has 0 heterocycles. The molecule has 0 amide bonds. The maximum absolute atomic E-state index is 13.2. The van der Waals surface area contributed by atoms with Crippen LogP contribution < -0.4 is 0 Å². The Kier molecular flexibility index (Phi) is 5.81. The van der Waals surface area contributed by atoms with Crippen LogP contribution in [0, 0.1) is 17.5 Å². The monoisotopic (exact) mass is 381 g/mol. The van der Waals surface area contributed by atoms with Gasteiger partial charge in [-0.2, -0.15) is 0 Å². The molecule has 0 saturated heterocycles. The first kappa shape index (κ1) is 17.3. The second kappa shape index (κ2) is 8.05. The van der Waals surface area contributed by atoms with E-state index >= 15 is 0 Å². The van der Waals surface area contributed by atoms with Crippen molar-refractivity contribution in [3.05, 3.63) is 90.2 Å². The van der Waals surface area contributed by atoms with E-state index in [2.05, 4.69) is 0 Å². The zero-order valence-electron chi connectivity index (χ0n) is 12.3. The van der Waals surface area contributed by atoms with Gasteiger partial charge in [-0.3, -0.25) is 0 Å². The molecule has 0 spiro atoms. The highest BCUT2D eigenvalue weighted by molar-refractivity contribution is 9.06. The van der Waals surface area contributed by atoms with Crippen molar-refractivity contribution < 1.29 is 13.2 Å². The molecular formula is C18H12F3S3+. The summed E-state index contributed by atoms with van der Waals surface area (Å²) >= 11 is 0. The fourth-order valence-electron chi connectivity index (χ4n) is 1.81. The highest BCUT2D eigenvalue weighted by Crippen LogP contribution is 2.44. The minimum absolute atomic E-state index is 0.285. The van der Waals surface area contributed by atoms with Gasteiger partial charge in [0, 0.05) is 0 Å². The van der Waals surface area contributed by atoms with Gasteiger partial charge in [0.2, 0.25) is 0 Å². The first-order chi connectivity index (χ1) is 11.6. The van der Waals surface area contributed by atoms with Crippen LogP contribution in [0.4, 0.5) is 13.2 Å². The first-order valence-corrected chi connectivity index (χ1v) is 10.9. The third kappa shape index (κ3) is 4.75. The van der Waals surface area contributed by atoms with E-state index in [1.165, 1.54) is 36.4 Å². The summed E-state index contributed by atoms with van der Waals surface area (Å²) in [4.78, 5) is 2.79. The third-order valence-corrected chi connectivity index (χ3v) is 9.31. The summed E-state index contributed by atoms with van der Waals surface area (Å²) in [5.41, 5.74) is 0. The molecule has 3 rings (SSSR count). The van der Waals surface area contributed by atoms with Crippen molar-refractivity contribution in [2.75, 3.05) is 0 Å². The Bertz CT molecular complexity index is 740. The van der Waals surface area contributed by atoms with Crippen LogP contribution in [0.25, 0.3) is 0 Å². The van der Waals surface area contributed by atoms with Crippen molar-refractivity contribution in [2.45, 2.75) is 14.7 Å². The van der Waals surface area contributed by atoms with Crippen molar-refractivity contribution in [2.24, 2.45) is 0 Å².